The van der Waals surface area contributed by atoms with Crippen molar-refractivity contribution in [1.82, 2.24) is 30.1 Å². The van der Waals surface area contributed by atoms with E-state index in [2.05, 4.69) is 60.0 Å². The number of hydrogen-bond acceptors (Lipinski definition) is 11. The highest BCUT2D eigenvalue weighted by Crippen LogP contribution is 2.30. The van der Waals surface area contributed by atoms with Crippen molar-refractivity contribution < 1.29 is 9.53 Å². The number of anilines is 3. The SMILES string of the molecule is C.C[C@@H]1CN(c2ccc(C#N)c3ncccc23)C[C@H](CN2CCN(c3ccnc(N4CCN(C(=O)C5CCCN5)CC4)n3)CC2)O1. The van der Waals surface area contributed by atoms with Gasteiger partial charge in [-0.15, -0.1) is 0 Å². The van der Waals surface area contributed by atoms with Crippen molar-refractivity contribution in [2.24, 2.45) is 0 Å². The molecule has 7 rings (SSSR count). The van der Waals surface area contributed by atoms with Crippen LogP contribution in [0.3, 0.4) is 0 Å². The number of amides is 1. The van der Waals surface area contributed by atoms with Crippen LogP contribution < -0.4 is 20.0 Å². The van der Waals surface area contributed by atoms with Crippen LogP contribution in [0.2, 0.25) is 0 Å². The molecule has 12 nitrogen and oxygen atoms in total. The van der Waals surface area contributed by atoms with E-state index in [1.165, 1.54) is 0 Å². The standard InChI is InChI=1S/C33H42N10O2.CH4/c1-24-21-43(29-7-6-25(20-34)31-27(29)4-2-10-36-31)23-26(45-24)22-39-12-14-40(15-13-39)30-8-11-37-33(38-30)42-18-16-41(17-19-42)32(44)28-5-3-9-35-28;/h2,4,6-8,10-11,24,26,28,35H,3,5,9,12-19,21-23H2,1H3;1H4/t24-,26+,28?;/m1./s1. The van der Waals surface area contributed by atoms with E-state index in [0.29, 0.717) is 18.7 Å². The Hall–Kier alpha value is -4.05. The molecule has 4 aliphatic rings. The van der Waals surface area contributed by atoms with Gasteiger partial charge in [-0.25, -0.2) is 4.98 Å². The molecule has 46 heavy (non-hydrogen) atoms. The number of nitriles is 1. The van der Waals surface area contributed by atoms with E-state index in [4.69, 9.17) is 9.72 Å². The van der Waals surface area contributed by atoms with Gasteiger partial charge in [0.25, 0.3) is 0 Å². The van der Waals surface area contributed by atoms with Gasteiger partial charge in [-0.3, -0.25) is 14.7 Å². The van der Waals surface area contributed by atoms with Crippen LogP contribution in [-0.4, -0.2) is 127 Å². The summed E-state index contributed by atoms with van der Waals surface area (Å²) in [5.74, 6) is 1.94. The molecule has 4 fully saturated rings. The zero-order valence-electron chi connectivity index (χ0n) is 26.0. The molecule has 1 N–H and O–H groups in total. The number of hydrogen-bond donors (Lipinski definition) is 1. The first-order valence-corrected chi connectivity index (χ1v) is 16.3. The Morgan fingerprint density at radius 3 is 2.54 bits per heavy atom. The summed E-state index contributed by atoms with van der Waals surface area (Å²) in [5.41, 5.74) is 2.47. The summed E-state index contributed by atoms with van der Waals surface area (Å²) >= 11 is 0. The second kappa shape index (κ2) is 14.2. The van der Waals surface area contributed by atoms with Gasteiger partial charge in [0, 0.05) is 95.5 Å². The molecule has 0 bridgehead atoms. The Balaban J connectivity index is 0.00000372. The van der Waals surface area contributed by atoms with Crippen LogP contribution in [0, 0.1) is 11.3 Å². The Kier molecular flexibility index (Phi) is 9.82. The second-order valence-corrected chi connectivity index (χ2v) is 12.6. The normalized spacial score (nSPS) is 24.1. The molecule has 0 aliphatic carbocycles. The van der Waals surface area contributed by atoms with E-state index in [1.807, 2.05) is 29.3 Å². The lowest BCUT2D eigenvalue weighted by Crippen LogP contribution is -2.54. The smallest absolute Gasteiger partial charge is 0.239 e. The zero-order valence-corrected chi connectivity index (χ0v) is 26.0. The maximum atomic E-state index is 12.8. The number of piperazine rings is 2. The van der Waals surface area contributed by atoms with Crippen LogP contribution in [0.1, 0.15) is 32.8 Å². The minimum absolute atomic E-state index is 0. The zero-order chi connectivity index (χ0) is 30.8. The number of benzene rings is 1. The fourth-order valence-corrected chi connectivity index (χ4v) is 7.22. The maximum Gasteiger partial charge on any atom is 0.239 e. The van der Waals surface area contributed by atoms with Crippen LogP contribution in [0.15, 0.2) is 42.7 Å². The number of carbonyl (C=O) groups excluding carboxylic acids is 1. The molecule has 0 spiro atoms. The summed E-state index contributed by atoms with van der Waals surface area (Å²) in [6.07, 6.45) is 5.82. The second-order valence-electron chi connectivity index (χ2n) is 12.6. The van der Waals surface area contributed by atoms with Gasteiger partial charge in [0.2, 0.25) is 11.9 Å². The Morgan fingerprint density at radius 2 is 1.78 bits per heavy atom. The summed E-state index contributed by atoms with van der Waals surface area (Å²) in [6.45, 7) is 12.1. The quantitative estimate of drug-likeness (QED) is 0.435. The van der Waals surface area contributed by atoms with Crippen molar-refractivity contribution in [3.05, 3.63) is 48.3 Å². The first-order valence-electron chi connectivity index (χ1n) is 16.3. The highest BCUT2D eigenvalue weighted by atomic mass is 16.5. The molecule has 1 aromatic carbocycles. The number of aromatic nitrogens is 3. The van der Waals surface area contributed by atoms with Crippen molar-refractivity contribution >= 4 is 34.3 Å². The third kappa shape index (κ3) is 6.72. The van der Waals surface area contributed by atoms with Crippen molar-refractivity contribution in [2.45, 2.75) is 45.4 Å². The summed E-state index contributed by atoms with van der Waals surface area (Å²) in [7, 11) is 0. The largest absolute Gasteiger partial charge is 0.370 e. The number of morpholine rings is 1. The minimum Gasteiger partial charge on any atom is -0.370 e. The van der Waals surface area contributed by atoms with Crippen molar-refractivity contribution in [3.8, 4) is 6.07 Å². The summed E-state index contributed by atoms with van der Waals surface area (Å²) in [6, 6.07) is 12.2. The Labute approximate surface area is 271 Å². The lowest BCUT2D eigenvalue weighted by Gasteiger charge is -2.42. The molecule has 12 heteroatoms. The molecular formula is C34H46N10O2. The fraction of sp³-hybridized carbons (Fsp3) is 0.559. The van der Waals surface area contributed by atoms with E-state index in [-0.39, 0.29) is 31.6 Å². The number of nitrogens with zero attached hydrogens (tertiary/aromatic N) is 9. The molecule has 4 saturated heterocycles. The first kappa shape index (κ1) is 31.9. The number of nitrogens with one attached hydrogen (secondary N) is 1. The van der Waals surface area contributed by atoms with Crippen LogP contribution in [0.5, 0.6) is 0 Å². The molecular weight excluding hydrogens is 580 g/mol. The number of pyridine rings is 1. The lowest BCUT2D eigenvalue weighted by molar-refractivity contribution is -0.133. The van der Waals surface area contributed by atoms with E-state index in [1.54, 1.807) is 6.20 Å². The monoisotopic (exact) mass is 626 g/mol. The average molecular weight is 627 g/mol. The number of carbonyl (C=O) groups is 1. The molecule has 2 aromatic heterocycles. The lowest BCUT2D eigenvalue weighted by atomic mass is 10.1. The van der Waals surface area contributed by atoms with Crippen LogP contribution >= 0.6 is 0 Å². The third-order valence-corrected chi connectivity index (χ3v) is 9.55. The number of fused-ring (bicyclic) bond motifs is 1. The predicted octanol–water partition coefficient (Wildman–Crippen LogP) is 2.35. The summed E-state index contributed by atoms with van der Waals surface area (Å²) < 4.78 is 6.42. The van der Waals surface area contributed by atoms with E-state index in [0.717, 1.165) is 107 Å². The van der Waals surface area contributed by atoms with Gasteiger partial charge in [0.15, 0.2) is 0 Å². The predicted molar refractivity (Wildman–Crippen MR) is 180 cm³/mol. The molecule has 3 atom stereocenters. The molecule has 6 heterocycles. The van der Waals surface area contributed by atoms with Crippen LogP contribution in [0.25, 0.3) is 10.9 Å². The highest BCUT2D eigenvalue weighted by Gasteiger charge is 2.31. The average Bonchev–Trinajstić information content (AvgIpc) is 3.63. The number of rotatable bonds is 6. The van der Waals surface area contributed by atoms with E-state index >= 15 is 0 Å². The summed E-state index contributed by atoms with van der Waals surface area (Å²) in [5, 5.41) is 13.9. The molecule has 244 valence electrons. The van der Waals surface area contributed by atoms with Crippen molar-refractivity contribution in [1.29, 1.82) is 5.26 Å². The molecule has 4 aliphatic heterocycles. The maximum absolute atomic E-state index is 12.8. The fourth-order valence-electron chi connectivity index (χ4n) is 7.22. The Morgan fingerprint density at radius 1 is 0.978 bits per heavy atom. The van der Waals surface area contributed by atoms with Gasteiger partial charge in [-0.1, -0.05) is 7.43 Å². The van der Waals surface area contributed by atoms with Crippen molar-refractivity contribution in [2.75, 3.05) is 93.2 Å². The number of ether oxygens (including phenoxy) is 1. The first-order chi connectivity index (χ1) is 22.1. The Bertz CT molecular complexity index is 1540. The van der Waals surface area contributed by atoms with Gasteiger partial charge < -0.3 is 29.7 Å². The topological polar surface area (TPSA) is 117 Å². The van der Waals surface area contributed by atoms with Crippen molar-refractivity contribution in [3.63, 3.8) is 0 Å². The van der Waals surface area contributed by atoms with Gasteiger partial charge >= 0.3 is 0 Å². The molecule has 1 unspecified atom stereocenters. The molecule has 3 aromatic rings. The third-order valence-electron chi connectivity index (χ3n) is 9.55. The summed E-state index contributed by atoms with van der Waals surface area (Å²) in [4.78, 5) is 38.3. The van der Waals surface area contributed by atoms with Gasteiger partial charge in [-0.05, 0) is 56.6 Å². The highest BCUT2D eigenvalue weighted by molar-refractivity contribution is 5.95. The molecule has 0 saturated carbocycles. The van der Waals surface area contributed by atoms with Gasteiger partial charge in [0.05, 0.1) is 29.3 Å². The van der Waals surface area contributed by atoms with Gasteiger partial charge in [-0.2, -0.15) is 10.2 Å². The van der Waals surface area contributed by atoms with Crippen LogP contribution in [0.4, 0.5) is 17.5 Å². The van der Waals surface area contributed by atoms with E-state index < -0.39 is 0 Å². The molecule has 1 amide bonds. The molecule has 0 radical (unpaired) electrons. The van der Waals surface area contributed by atoms with E-state index in [9.17, 15) is 10.1 Å². The van der Waals surface area contributed by atoms with Crippen LogP contribution in [-0.2, 0) is 9.53 Å². The van der Waals surface area contributed by atoms with Gasteiger partial charge in [0.1, 0.15) is 11.9 Å². The minimum atomic E-state index is -0.0118.